The van der Waals surface area contributed by atoms with Crippen LogP contribution in [0.1, 0.15) is 39.5 Å². The molecule has 0 spiro atoms. The molecule has 0 saturated carbocycles. The summed E-state index contributed by atoms with van der Waals surface area (Å²) < 4.78 is 0. The second-order valence-electron chi connectivity index (χ2n) is 5.52. The predicted molar refractivity (Wildman–Crippen MR) is 82.0 cm³/mol. The summed E-state index contributed by atoms with van der Waals surface area (Å²) in [5.74, 6) is -1.10. The van der Waals surface area contributed by atoms with Crippen molar-refractivity contribution in [2.24, 2.45) is 0 Å². The van der Waals surface area contributed by atoms with E-state index >= 15 is 0 Å². The van der Waals surface area contributed by atoms with E-state index < -0.39 is 12.0 Å². The molecule has 2 heterocycles. The van der Waals surface area contributed by atoms with Crippen LogP contribution < -0.4 is 4.90 Å². The van der Waals surface area contributed by atoms with Crippen molar-refractivity contribution in [3.05, 3.63) is 58.9 Å². The minimum Gasteiger partial charge on any atom is -0.481 e. The Morgan fingerprint density at radius 1 is 1.32 bits per heavy atom. The summed E-state index contributed by atoms with van der Waals surface area (Å²) in [4.78, 5) is 29.6. The number of aliphatic carboxylic acids is 1. The number of nitrogens with zero attached hydrogens (tertiary/aromatic N) is 2. The van der Waals surface area contributed by atoms with Crippen LogP contribution >= 0.6 is 0 Å². The van der Waals surface area contributed by atoms with Crippen molar-refractivity contribution < 1.29 is 14.7 Å². The van der Waals surface area contributed by atoms with Gasteiger partial charge in [0.05, 0.1) is 24.3 Å². The van der Waals surface area contributed by atoms with E-state index in [0.29, 0.717) is 11.3 Å². The van der Waals surface area contributed by atoms with Crippen molar-refractivity contribution in [1.29, 1.82) is 0 Å². The quantitative estimate of drug-likeness (QED) is 0.945. The first-order chi connectivity index (χ1) is 10.5. The lowest BCUT2D eigenvalue weighted by Gasteiger charge is -2.23. The summed E-state index contributed by atoms with van der Waals surface area (Å²) in [6, 6.07) is 6.78. The molecule has 0 aliphatic carbocycles. The molecule has 112 valence electrons. The van der Waals surface area contributed by atoms with Gasteiger partial charge in [-0.15, -0.1) is 0 Å². The molecule has 5 nitrogen and oxygen atoms in total. The Morgan fingerprint density at radius 3 is 2.68 bits per heavy atom. The van der Waals surface area contributed by atoms with Crippen molar-refractivity contribution in [3.63, 3.8) is 0 Å². The van der Waals surface area contributed by atoms with Crippen molar-refractivity contribution in [1.82, 2.24) is 4.98 Å². The number of aromatic nitrogens is 1. The Morgan fingerprint density at radius 2 is 2.05 bits per heavy atom. The van der Waals surface area contributed by atoms with Crippen LogP contribution in [-0.2, 0) is 4.79 Å². The summed E-state index contributed by atoms with van der Waals surface area (Å²) in [7, 11) is 0. The van der Waals surface area contributed by atoms with Gasteiger partial charge < -0.3 is 5.11 Å². The van der Waals surface area contributed by atoms with E-state index in [9.17, 15) is 14.7 Å². The van der Waals surface area contributed by atoms with Gasteiger partial charge in [0, 0.05) is 11.8 Å². The van der Waals surface area contributed by atoms with Crippen LogP contribution in [0.5, 0.6) is 0 Å². The van der Waals surface area contributed by atoms with Crippen LogP contribution in [0.2, 0.25) is 0 Å². The highest BCUT2D eigenvalue weighted by Crippen LogP contribution is 2.40. The van der Waals surface area contributed by atoms with Gasteiger partial charge in [0.2, 0.25) is 0 Å². The molecule has 5 heteroatoms. The highest BCUT2D eigenvalue weighted by atomic mass is 16.4. The van der Waals surface area contributed by atoms with E-state index in [1.54, 1.807) is 24.5 Å². The van der Waals surface area contributed by atoms with Crippen LogP contribution in [0, 0.1) is 13.8 Å². The fraction of sp³-hybridized carbons (Fsp3) is 0.235. The molecular weight excluding hydrogens is 280 g/mol. The molecule has 1 aromatic heterocycles. The topological polar surface area (TPSA) is 70.5 Å². The van der Waals surface area contributed by atoms with Gasteiger partial charge >= 0.3 is 5.97 Å². The van der Waals surface area contributed by atoms with Crippen LogP contribution in [0.4, 0.5) is 5.69 Å². The number of carbonyl (C=O) groups excluding carboxylic acids is 1. The molecule has 1 unspecified atom stereocenters. The molecule has 1 aliphatic rings. The fourth-order valence-corrected chi connectivity index (χ4v) is 2.87. The Labute approximate surface area is 128 Å². The molecular formula is C17H16N2O3. The molecule has 0 fully saturated rings. The van der Waals surface area contributed by atoms with Crippen LogP contribution in [-0.4, -0.2) is 22.0 Å². The Hall–Kier alpha value is -2.69. The second-order valence-corrected chi connectivity index (χ2v) is 5.52. The molecule has 0 saturated heterocycles. The zero-order valence-corrected chi connectivity index (χ0v) is 12.4. The maximum absolute atomic E-state index is 12.8. The Kier molecular flexibility index (Phi) is 3.41. The molecule has 0 bridgehead atoms. The highest BCUT2D eigenvalue weighted by molar-refractivity contribution is 6.11. The van der Waals surface area contributed by atoms with Gasteiger partial charge in [-0.3, -0.25) is 19.5 Å². The van der Waals surface area contributed by atoms with Gasteiger partial charge in [-0.1, -0.05) is 6.07 Å². The van der Waals surface area contributed by atoms with Crippen LogP contribution in [0.3, 0.4) is 0 Å². The summed E-state index contributed by atoms with van der Waals surface area (Å²) in [6.45, 7) is 3.91. The maximum Gasteiger partial charge on any atom is 0.305 e. The number of anilines is 1. The smallest absolute Gasteiger partial charge is 0.305 e. The number of hydrogen-bond donors (Lipinski definition) is 1. The second kappa shape index (κ2) is 5.26. The first-order valence-corrected chi connectivity index (χ1v) is 7.05. The van der Waals surface area contributed by atoms with Crippen molar-refractivity contribution in [2.45, 2.75) is 26.3 Å². The summed E-state index contributed by atoms with van der Waals surface area (Å²) >= 11 is 0. The fourth-order valence-electron chi connectivity index (χ4n) is 2.87. The first-order valence-electron chi connectivity index (χ1n) is 7.05. The molecule has 1 N–H and O–H groups in total. The number of aryl methyl sites for hydroxylation is 2. The van der Waals surface area contributed by atoms with E-state index in [-0.39, 0.29) is 12.3 Å². The molecule has 1 atom stereocenters. The molecule has 1 aromatic carbocycles. The van der Waals surface area contributed by atoms with Gasteiger partial charge in [0.15, 0.2) is 0 Å². The molecule has 0 radical (unpaired) electrons. The van der Waals surface area contributed by atoms with Gasteiger partial charge in [0.25, 0.3) is 5.91 Å². The summed E-state index contributed by atoms with van der Waals surface area (Å²) in [5.41, 5.74) is 4.05. The zero-order chi connectivity index (χ0) is 15.9. The third-order valence-corrected chi connectivity index (χ3v) is 4.08. The van der Waals surface area contributed by atoms with E-state index in [1.165, 1.54) is 4.90 Å². The number of benzene rings is 1. The maximum atomic E-state index is 12.8. The van der Waals surface area contributed by atoms with Crippen LogP contribution in [0.25, 0.3) is 0 Å². The van der Waals surface area contributed by atoms with E-state index in [2.05, 4.69) is 4.98 Å². The lowest BCUT2D eigenvalue weighted by atomic mass is 9.97. The van der Waals surface area contributed by atoms with Crippen molar-refractivity contribution in [2.75, 3.05) is 4.90 Å². The Balaban J connectivity index is 2.15. The Bertz CT molecular complexity index is 756. The number of hydrogen-bond acceptors (Lipinski definition) is 3. The number of amides is 1. The number of carboxylic acid groups (broad SMARTS) is 1. The zero-order valence-electron chi connectivity index (χ0n) is 12.4. The summed E-state index contributed by atoms with van der Waals surface area (Å²) in [6.07, 6.45) is 3.08. The first kappa shape index (κ1) is 14.3. The van der Waals surface area contributed by atoms with E-state index in [0.717, 1.165) is 16.7 Å². The normalized spacial score (nSPS) is 16.7. The number of pyridine rings is 1. The lowest BCUT2D eigenvalue weighted by Crippen LogP contribution is -2.29. The molecule has 1 amide bonds. The summed E-state index contributed by atoms with van der Waals surface area (Å²) in [5, 5.41) is 9.22. The molecule has 2 aromatic rings. The van der Waals surface area contributed by atoms with Gasteiger partial charge in [-0.2, -0.15) is 0 Å². The average molecular weight is 296 g/mol. The highest BCUT2D eigenvalue weighted by Gasteiger charge is 2.39. The number of carboxylic acids is 1. The average Bonchev–Trinajstić information content (AvgIpc) is 2.73. The largest absolute Gasteiger partial charge is 0.481 e. The number of rotatable bonds is 3. The lowest BCUT2D eigenvalue weighted by molar-refractivity contribution is -0.137. The standard InChI is InChI=1S/C17H16N2O3/c1-10-6-13-14(7-11(10)2)17(22)19(15(13)8-16(20)21)12-4-3-5-18-9-12/h3-7,9,15H,8H2,1-2H3,(H,20,21). The minimum absolute atomic E-state index is 0.129. The molecule has 3 rings (SSSR count). The third kappa shape index (κ3) is 2.24. The number of fused-ring (bicyclic) bond motifs is 1. The SMILES string of the molecule is Cc1cc2c(cc1C)C(CC(=O)O)N(c1cccnc1)C2=O. The van der Waals surface area contributed by atoms with Gasteiger partial charge in [-0.25, -0.2) is 0 Å². The van der Waals surface area contributed by atoms with Gasteiger partial charge in [0.1, 0.15) is 0 Å². The van der Waals surface area contributed by atoms with E-state index in [4.69, 9.17) is 0 Å². The van der Waals surface area contributed by atoms with Gasteiger partial charge in [-0.05, 0) is 48.7 Å². The molecule has 1 aliphatic heterocycles. The molecule has 22 heavy (non-hydrogen) atoms. The minimum atomic E-state index is -0.933. The van der Waals surface area contributed by atoms with Crippen LogP contribution in [0.15, 0.2) is 36.7 Å². The third-order valence-electron chi connectivity index (χ3n) is 4.08. The van der Waals surface area contributed by atoms with Crippen molar-refractivity contribution in [3.8, 4) is 0 Å². The predicted octanol–water partition coefficient (Wildman–Crippen LogP) is 2.87. The van der Waals surface area contributed by atoms with E-state index in [1.807, 2.05) is 26.0 Å². The monoisotopic (exact) mass is 296 g/mol. The van der Waals surface area contributed by atoms with Crippen molar-refractivity contribution >= 4 is 17.6 Å². The number of carbonyl (C=O) groups is 2.